The largest absolute Gasteiger partial charge is 0.347 e. The van der Waals surface area contributed by atoms with Crippen LogP contribution >= 0.6 is 28.1 Å². The minimum Gasteiger partial charge on any atom is -0.347 e. The molecule has 2 N–H and O–H groups in total. The number of hydrogen-bond acceptors (Lipinski definition) is 1. The molecule has 0 aromatic carbocycles. The lowest BCUT2D eigenvalue weighted by Gasteiger charge is -1.92. The summed E-state index contributed by atoms with van der Waals surface area (Å²) < 4.78 is 1.79. The van der Waals surface area contributed by atoms with Crippen molar-refractivity contribution >= 4 is 39.2 Å². The number of aromatic amines is 2. The molecule has 0 atom stereocenters. The first-order valence-electron chi connectivity index (χ1n) is 3.55. The smallest absolute Gasteiger partial charge is 0.116 e. The Kier molecular flexibility index (Phi) is 1.81. The fourth-order valence-corrected chi connectivity index (χ4v) is 1.76. The SMILES string of the molecule is Cc1cc2c(=S)c(Br)c[nH]c2[nH]1. The molecule has 4 heteroatoms. The summed E-state index contributed by atoms with van der Waals surface area (Å²) >= 11 is 8.60. The van der Waals surface area contributed by atoms with Gasteiger partial charge in [0.25, 0.3) is 0 Å². The summed E-state index contributed by atoms with van der Waals surface area (Å²) in [6.07, 6.45) is 1.85. The van der Waals surface area contributed by atoms with E-state index in [2.05, 4.69) is 25.9 Å². The number of H-pyrrole nitrogens is 2. The topological polar surface area (TPSA) is 31.6 Å². The Morgan fingerprint density at radius 3 is 3.00 bits per heavy atom. The van der Waals surface area contributed by atoms with Gasteiger partial charge in [0.05, 0.1) is 8.98 Å². The van der Waals surface area contributed by atoms with E-state index in [9.17, 15) is 0 Å². The maximum atomic E-state index is 5.22. The van der Waals surface area contributed by atoms with E-state index in [1.165, 1.54) is 0 Å². The van der Waals surface area contributed by atoms with Crippen molar-refractivity contribution in [1.82, 2.24) is 9.97 Å². The van der Waals surface area contributed by atoms with Gasteiger partial charge in [0, 0.05) is 17.3 Å². The van der Waals surface area contributed by atoms with E-state index < -0.39 is 0 Å². The van der Waals surface area contributed by atoms with Gasteiger partial charge in [-0.15, -0.1) is 0 Å². The van der Waals surface area contributed by atoms with Gasteiger partial charge in [-0.3, -0.25) is 0 Å². The second-order valence-electron chi connectivity index (χ2n) is 2.71. The van der Waals surface area contributed by atoms with Crippen LogP contribution in [0.1, 0.15) is 5.69 Å². The summed E-state index contributed by atoms with van der Waals surface area (Å²) in [5.74, 6) is 0. The summed E-state index contributed by atoms with van der Waals surface area (Å²) in [6, 6.07) is 2.04. The van der Waals surface area contributed by atoms with E-state index in [0.29, 0.717) is 0 Å². The van der Waals surface area contributed by atoms with Gasteiger partial charge in [-0.25, -0.2) is 0 Å². The number of halogens is 1. The van der Waals surface area contributed by atoms with Crippen LogP contribution in [0, 0.1) is 11.4 Å². The Bertz CT molecular complexity index is 483. The molecule has 0 saturated heterocycles. The first-order chi connectivity index (χ1) is 5.68. The van der Waals surface area contributed by atoms with Crippen LogP contribution < -0.4 is 0 Å². The molecule has 2 aromatic rings. The molecule has 12 heavy (non-hydrogen) atoms. The Morgan fingerprint density at radius 1 is 1.50 bits per heavy atom. The van der Waals surface area contributed by atoms with Crippen LogP contribution in [0.4, 0.5) is 0 Å². The second kappa shape index (κ2) is 2.71. The quantitative estimate of drug-likeness (QED) is 0.683. The number of nitrogens with one attached hydrogen (secondary N) is 2. The molecule has 2 aromatic heterocycles. The predicted octanol–water partition coefficient (Wildman–Crippen LogP) is 3.30. The Morgan fingerprint density at radius 2 is 2.25 bits per heavy atom. The number of hydrogen-bond donors (Lipinski definition) is 2. The molecular weight excluding hydrogens is 236 g/mol. The fraction of sp³-hybridized carbons (Fsp3) is 0.125. The summed E-state index contributed by atoms with van der Waals surface area (Å²) in [5.41, 5.74) is 2.10. The molecule has 0 spiro atoms. The van der Waals surface area contributed by atoms with Crippen molar-refractivity contribution in [3.8, 4) is 0 Å². The average Bonchev–Trinajstić information content (AvgIpc) is 2.39. The fourth-order valence-electron chi connectivity index (χ4n) is 1.21. The third kappa shape index (κ3) is 1.11. The molecule has 0 aliphatic rings. The van der Waals surface area contributed by atoms with Crippen LogP contribution in [0.2, 0.25) is 0 Å². The molecular formula is C8H7BrN2S. The van der Waals surface area contributed by atoms with Crippen LogP contribution in [-0.4, -0.2) is 9.97 Å². The lowest BCUT2D eigenvalue weighted by Crippen LogP contribution is -1.77. The zero-order valence-electron chi connectivity index (χ0n) is 6.44. The summed E-state index contributed by atoms with van der Waals surface area (Å²) in [5, 5.41) is 1.07. The van der Waals surface area contributed by atoms with E-state index in [-0.39, 0.29) is 0 Å². The number of aromatic nitrogens is 2. The van der Waals surface area contributed by atoms with E-state index in [0.717, 1.165) is 25.7 Å². The highest BCUT2D eigenvalue weighted by atomic mass is 79.9. The van der Waals surface area contributed by atoms with Crippen LogP contribution in [0.3, 0.4) is 0 Å². The molecule has 62 valence electrons. The molecule has 0 unspecified atom stereocenters. The maximum absolute atomic E-state index is 5.22. The summed E-state index contributed by atoms with van der Waals surface area (Å²) in [4.78, 5) is 6.30. The van der Waals surface area contributed by atoms with Crippen molar-refractivity contribution in [3.05, 3.63) is 26.9 Å². The molecule has 0 amide bonds. The Labute approximate surface area is 83.1 Å². The van der Waals surface area contributed by atoms with Crippen molar-refractivity contribution in [3.63, 3.8) is 0 Å². The third-order valence-corrected chi connectivity index (χ3v) is 3.08. The van der Waals surface area contributed by atoms with Crippen LogP contribution in [-0.2, 0) is 0 Å². The molecule has 0 aliphatic carbocycles. The van der Waals surface area contributed by atoms with Crippen LogP contribution in [0.5, 0.6) is 0 Å². The van der Waals surface area contributed by atoms with E-state index in [1.54, 1.807) is 0 Å². The molecule has 0 aliphatic heterocycles. The lowest BCUT2D eigenvalue weighted by molar-refractivity contribution is 1.24. The highest BCUT2D eigenvalue weighted by Gasteiger charge is 2.00. The summed E-state index contributed by atoms with van der Waals surface area (Å²) in [6.45, 7) is 2.01. The van der Waals surface area contributed by atoms with Crippen molar-refractivity contribution in [2.45, 2.75) is 6.92 Å². The summed E-state index contributed by atoms with van der Waals surface area (Å²) in [7, 11) is 0. The van der Waals surface area contributed by atoms with E-state index in [1.807, 2.05) is 19.2 Å². The highest BCUT2D eigenvalue weighted by Crippen LogP contribution is 2.20. The molecule has 0 fully saturated rings. The third-order valence-electron chi connectivity index (χ3n) is 1.76. The molecule has 2 nitrogen and oxygen atoms in total. The van der Waals surface area contributed by atoms with Gasteiger partial charge >= 0.3 is 0 Å². The number of pyridine rings is 1. The number of fused-ring (bicyclic) bond motifs is 1. The number of aryl methyl sites for hydroxylation is 1. The highest BCUT2D eigenvalue weighted by molar-refractivity contribution is 9.10. The standard InChI is InChI=1S/C8H7BrN2S/c1-4-2-5-7(12)6(9)3-10-8(5)11-4/h2-3H,1H3,(H2,10,11,12). The zero-order chi connectivity index (χ0) is 8.72. The molecule has 2 rings (SSSR count). The maximum Gasteiger partial charge on any atom is 0.116 e. The second-order valence-corrected chi connectivity index (χ2v) is 3.97. The van der Waals surface area contributed by atoms with Gasteiger partial charge in [0.15, 0.2) is 0 Å². The lowest BCUT2D eigenvalue weighted by atomic mass is 10.3. The van der Waals surface area contributed by atoms with Crippen molar-refractivity contribution in [2.75, 3.05) is 0 Å². The van der Waals surface area contributed by atoms with Gasteiger partial charge < -0.3 is 9.97 Å². The van der Waals surface area contributed by atoms with E-state index >= 15 is 0 Å². The first kappa shape index (κ1) is 8.01. The van der Waals surface area contributed by atoms with E-state index in [4.69, 9.17) is 12.2 Å². The first-order valence-corrected chi connectivity index (χ1v) is 4.75. The van der Waals surface area contributed by atoms with Crippen molar-refractivity contribution in [2.24, 2.45) is 0 Å². The van der Waals surface area contributed by atoms with Crippen LogP contribution in [0.15, 0.2) is 16.7 Å². The Balaban J connectivity index is 2.99. The molecule has 0 bridgehead atoms. The Hall–Kier alpha value is -0.610. The molecule has 2 heterocycles. The predicted molar refractivity (Wildman–Crippen MR) is 55.9 cm³/mol. The minimum absolute atomic E-state index is 0.855. The van der Waals surface area contributed by atoms with Gasteiger partial charge in [0.2, 0.25) is 0 Å². The van der Waals surface area contributed by atoms with Crippen molar-refractivity contribution < 1.29 is 0 Å². The van der Waals surface area contributed by atoms with Gasteiger partial charge in [-0.1, -0.05) is 12.2 Å². The minimum atomic E-state index is 0.855. The monoisotopic (exact) mass is 242 g/mol. The van der Waals surface area contributed by atoms with Crippen molar-refractivity contribution in [1.29, 1.82) is 0 Å². The molecule has 0 saturated carbocycles. The van der Waals surface area contributed by atoms with Gasteiger partial charge in [0.1, 0.15) is 5.65 Å². The zero-order valence-corrected chi connectivity index (χ0v) is 8.84. The number of rotatable bonds is 0. The van der Waals surface area contributed by atoms with Gasteiger partial charge in [-0.2, -0.15) is 0 Å². The molecule has 0 radical (unpaired) electrons. The van der Waals surface area contributed by atoms with Crippen LogP contribution in [0.25, 0.3) is 11.0 Å². The van der Waals surface area contributed by atoms with Gasteiger partial charge in [-0.05, 0) is 28.9 Å². The average molecular weight is 243 g/mol. The normalized spacial score (nSPS) is 10.8.